The second-order valence-corrected chi connectivity index (χ2v) is 7.47. The first-order valence-corrected chi connectivity index (χ1v) is 10.6. The largest absolute Gasteiger partial charge is 0.467 e. The predicted octanol–water partition coefficient (Wildman–Crippen LogP) is 3.39. The molecule has 2 aromatic carbocycles. The number of rotatable bonds is 8. The van der Waals surface area contributed by atoms with E-state index in [0.29, 0.717) is 28.6 Å². The van der Waals surface area contributed by atoms with Crippen molar-refractivity contribution in [3.63, 3.8) is 0 Å². The number of benzene rings is 2. The summed E-state index contributed by atoms with van der Waals surface area (Å²) >= 11 is 0. The first-order valence-electron chi connectivity index (χ1n) is 10.6. The van der Waals surface area contributed by atoms with Gasteiger partial charge in [-0.05, 0) is 48.1 Å². The third kappa shape index (κ3) is 4.89. The molecule has 1 N–H and O–H groups in total. The number of fused-ring (bicyclic) bond motifs is 1. The number of hydrogen-bond donors (Lipinski definition) is 1. The molecule has 0 spiro atoms. The van der Waals surface area contributed by atoms with Gasteiger partial charge in [-0.15, -0.1) is 0 Å². The summed E-state index contributed by atoms with van der Waals surface area (Å²) in [5, 5.41) is 10.9. The molecule has 0 saturated heterocycles. The van der Waals surface area contributed by atoms with E-state index in [1.807, 2.05) is 19.1 Å². The van der Waals surface area contributed by atoms with Gasteiger partial charge < -0.3 is 19.1 Å². The minimum atomic E-state index is -1.36. The SMILES string of the molecule is CCCc1cc2ccc(C(=O)OCC)cc2n(Cc2ccc(C(O)C(=O)OC)cc2)c1=O. The van der Waals surface area contributed by atoms with Crippen molar-refractivity contribution in [2.24, 2.45) is 0 Å². The van der Waals surface area contributed by atoms with Crippen molar-refractivity contribution in [3.05, 3.63) is 81.1 Å². The molecule has 1 unspecified atom stereocenters. The van der Waals surface area contributed by atoms with Crippen molar-refractivity contribution in [1.29, 1.82) is 0 Å². The quantitative estimate of drug-likeness (QED) is 0.543. The highest BCUT2D eigenvalue weighted by Crippen LogP contribution is 2.20. The van der Waals surface area contributed by atoms with E-state index >= 15 is 0 Å². The lowest BCUT2D eigenvalue weighted by atomic mass is 10.0. The minimum Gasteiger partial charge on any atom is -0.467 e. The number of methoxy groups -OCH3 is 1. The van der Waals surface area contributed by atoms with Gasteiger partial charge in [-0.3, -0.25) is 4.79 Å². The molecule has 168 valence electrons. The number of esters is 2. The van der Waals surface area contributed by atoms with Crippen LogP contribution in [0.3, 0.4) is 0 Å². The van der Waals surface area contributed by atoms with Gasteiger partial charge >= 0.3 is 11.9 Å². The average molecular weight is 437 g/mol. The molecule has 0 saturated carbocycles. The summed E-state index contributed by atoms with van der Waals surface area (Å²) in [5.74, 6) is -1.18. The van der Waals surface area contributed by atoms with Crippen LogP contribution < -0.4 is 5.56 Å². The van der Waals surface area contributed by atoms with Crippen LogP contribution in [0, 0.1) is 0 Å². The third-order valence-corrected chi connectivity index (χ3v) is 5.26. The zero-order valence-corrected chi connectivity index (χ0v) is 18.5. The monoisotopic (exact) mass is 437 g/mol. The van der Waals surface area contributed by atoms with Crippen LogP contribution >= 0.6 is 0 Å². The molecule has 1 heterocycles. The van der Waals surface area contributed by atoms with E-state index in [1.165, 1.54) is 7.11 Å². The van der Waals surface area contributed by atoms with Crippen molar-refractivity contribution in [2.75, 3.05) is 13.7 Å². The van der Waals surface area contributed by atoms with Gasteiger partial charge in [-0.1, -0.05) is 43.7 Å². The number of pyridine rings is 1. The fourth-order valence-electron chi connectivity index (χ4n) is 3.61. The highest BCUT2D eigenvalue weighted by atomic mass is 16.5. The maximum Gasteiger partial charge on any atom is 0.339 e. The van der Waals surface area contributed by atoms with Crippen LogP contribution in [0.4, 0.5) is 0 Å². The zero-order chi connectivity index (χ0) is 23.3. The molecule has 3 rings (SSSR count). The molecular weight excluding hydrogens is 410 g/mol. The fourth-order valence-corrected chi connectivity index (χ4v) is 3.61. The molecule has 0 aliphatic carbocycles. The van der Waals surface area contributed by atoms with Crippen LogP contribution in [0.1, 0.15) is 53.4 Å². The van der Waals surface area contributed by atoms with Crippen molar-refractivity contribution in [1.82, 2.24) is 4.57 Å². The van der Waals surface area contributed by atoms with E-state index in [0.717, 1.165) is 17.4 Å². The Hall–Kier alpha value is -3.45. The van der Waals surface area contributed by atoms with Gasteiger partial charge in [0, 0.05) is 5.56 Å². The summed E-state index contributed by atoms with van der Waals surface area (Å²) in [6, 6.07) is 13.8. The third-order valence-electron chi connectivity index (χ3n) is 5.26. The normalized spacial score (nSPS) is 11.9. The summed E-state index contributed by atoms with van der Waals surface area (Å²) in [6.07, 6.45) is 0.123. The molecular formula is C25H27NO6. The minimum absolute atomic E-state index is 0.112. The van der Waals surface area contributed by atoms with Crippen LogP contribution in [0.2, 0.25) is 0 Å². The Morgan fingerprint density at radius 3 is 2.41 bits per heavy atom. The number of aliphatic hydroxyl groups excluding tert-OH is 1. The molecule has 32 heavy (non-hydrogen) atoms. The van der Waals surface area contributed by atoms with Crippen molar-refractivity contribution >= 4 is 22.8 Å². The van der Waals surface area contributed by atoms with Crippen LogP contribution in [-0.2, 0) is 27.2 Å². The Labute approximate surface area is 186 Å². The smallest absolute Gasteiger partial charge is 0.339 e. The Bertz CT molecular complexity index is 1180. The van der Waals surface area contributed by atoms with Crippen LogP contribution in [-0.4, -0.2) is 35.3 Å². The van der Waals surface area contributed by atoms with Gasteiger partial charge in [0.1, 0.15) is 0 Å². The molecule has 7 heteroatoms. The van der Waals surface area contributed by atoms with E-state index in [2.05, 4.69) is 4.74 Å². The second-order valence-electron chi connectivity index (χ2n) is 7.47. The number of carbonyl (C=O) groups excluding carboxylic acids is 2. The van der Waals surface area contributed by atoms with Gasteiger partial charge in [0.05, 0.1) is 31.3 Å². The summed E-state index contributed by atoms with van der Waals surface area (Å²) in [7, 11) is 1.21. The van der Waals surface area contributed by atoms with Gasteiger partial charge in [-0.25, -0.2) is 9.59 Å². The van der Waals surface area contributed by atoms with E-state index in [1.54, 1.807) is 47.9 Å². The van der Waals surface area contributed by atoms with Gasteiger partial charge in [0.15, 0.2) is 6.10 Å². The van der Waals surface area contributed by atoms with E-state index < -0.39 is 18.0 Å². The highest BCUT2D eigenvalue weighted by Gasteiger charge is 2.18. The zero-order valence-electron chi connectivity index (χ0n) is 18.5. The fraction of sp³-hybridized carbons (Fsp3) is 0.320. The number of ether oxygens (including phenoxy) is 2. The Balaban J connectivity index is 2.05. The lowest BCUT2D eigenvalue weighted by molar-refractivity contribution is -0.150. The first-order chi connectivity index (χ1) is 15.4. The van der Waals surface area contributed by atoms with Crippen molar-refractivity contribution in [3.8, 4) is 0 Å². The molecule has 1 aromatic heterocycles. The molecule has 1 atom stereocenters. The number of nitrogens with zero attached hydrogens (tertiary/aromatic N) is 1. The molecule has 7 nitrogen and oxygen atoms in total. The molecule has 0 bridgehead atoms. The average Bonchev–Trinajstić information content (AvgIpc) is 2.81. The molecule has 0 radical (unpaired) electrons. The number of aryl methyl sites for hydroxylation is 1. The summed E-state index contributed by atoms with van der Waals surface area (Å²) in [6.45, 7) is 4.30. The lowest BCUT2D eigenvalue weighted by Gasteiger charge is -2.15. The molecule has 0 fully saturated rings. The summed E-state index contributed by atoms with van der Waals surface area (Å²) in [4.78, 5) is 37.0. The van der Waals surface area contributed by atoms with Crippen LogP contribution in [0.15, 0.2) is 53.3 Å². The number of aromatic nitrogens is 1. The van der Waals surface area contributed by atoms with E-state index in [9.17, 15) is 19.5 Å². The second kappa shape index (κ2) is 10.2. The number of aliphatic hydroxyl groups is 1. The predicted molar refractivity (Wildman–Crippen MR) is 121 cm³/mol. The Morgan fingerprint density at radius 2 is 1.78 bits per heavy atom. The maximum atomic E-state index is 13.2. The van der Waals surface area contributed by atoms with E-state index in [4.69, 9.17) is 4.74 Å². The van der Waals surface area contributed by atoms with Gasteiger partial charge in [0.2, 0.25) is 0 Å². The standard InChI is InChI=1S/C25H27NO6/c1-4-6-19-13-18-11-12-20(24(29)32-5-2)14-21(18)26(23(19)28)15-16-7-9-17(10-8-16)22(27)25(30)31-3/h7-14,22,27H,4-6,15H2,1-3H3. The molecule has 0 aliphatic rings. The van der Waals surface area contributed by atoms with Gasteiger partial charge in [-0.2, -0.15) is 0 Å². The Morgan fingerprint density at radius 1 is 1.06 bits per heavy atom. The number of hydrogen-bond acceptors (Lipinski definition) is 6. The molecule has 3 aromatic rings. The lowest BCUT2D eigenvalue weighted by Crippen LogP contribution is -2.25. The topological polar surface area (TPSA) is 94.8 Å². The Kier molecular flexibility index (Phi) is 7.43. The molecule has 0 aliphatic heterocycles. The van der Waals surface area contributed by atoms with Crippen LogP contribution in [0.5, 0.6) is 0 Å². The highest BCUT2D eigenvalue weighted by molar-refractivity contribution is 5.94. The van der Waals surface area contributed by atoms with Crippen molar-refractivity contribution < 1.29 is 24.2 Å². The van der Waals surface area contributed by atoms with Crippen LogP contribution in [0.25, 0.3) is 10.9 Å². The van der Waals surface area contributed by atoms with Crippen molar-refractivity contribution in [2.45, 2.75) is 39.3 Å². The number of carbonyl (C=O) groups is 2. The summed E-state index contributed by atoms with van der Waals surface area (Å²) in [5.41, 5.74) is 2.83. The first kappa shape index (κ1) is 23.2. The maximum absolute atomic E-state index is 13.2. The van der Waals surface area contributed by atoms with Gasteiger partial charge in [0.25, 0.3) is 5.56 Å². The summed E-state index contributed by atoms with van der Waals surface area (Å²) < 4.78 is 11.3. The molecule has 0 amide bonds. The van der Waals surface area contributed by atoms with E-state index in [-0.39, 0.29) is 18.7 Å².